The Morgan fingerprint density at radius 1 is 0.909 bits per heavy atom. The molecule has 0 aliphatic heterocycles. The number of unbranched alkanes of at least 4 members (excludes halogenated alkanes) is 6. The van der Waals surface area contributed by atoms with E-state index in [-0.39, 0.29) is 11.5 Å². The fourth-order valence-corrected chi connectivity index (χ4v) is 6.21. The van der Waals surface area contributed by atoms with E-state index >= 15 is 0 Å². The topological polar surface area (TPSA) is 90.2 Å². The zero-order chi connectivity index (χ0) is 16.5. The summed E-state index contributed by atoms with van der Waals surface area (Å²) in [4.78, 5) is 39.7. The average molecular weight is 350 g/mol. The van der Waals surface area contributed by atoms with Crippen molar-refractivity contribution < 1.29 is 23.9 Å². The molecule has 0 spiro atoms. The predicted octanol–water partition coefficient (Wildman–Crippen LogP) is 3.57. The average Bonchev–Trinajstić information content (AvgIpc) is 2.46. The number of benzene rings is 1. The van der Waals surface area contributed by atoms with Gasteiger partial charge in [0.15, 0.2) is 0 Å². The Balaban J connectivity index is 2.61. The standard InChI is InChI=1S/C15H28O5P2/c1-2-3-4-5-6-7-11-14-22(18,19,20-21(16)17)15-12-9-8-10-13-15/h8-10,12-13,16-19H,2-7,11,14H2,1H3. The van der Waals surface area contributed by atoms with E-state index in [2.05, 4.69) is 6.92 Å². The van der Waals surface area contributed by atoms with Crippen molar-refractivity contribution in [1.29, 1.82) is 0 Å². The molecule has 1 aromatic carbocycles. The fraction of sp³-hybridized carbons (Fsp3) is 0.600. The molecule has 0 unspecified atom stereocenters. The molecule has 22 heavy (non-hydrogen) atoms. The van der Waals surface area contributed by atoms with E-state index in [9.17, 15) is 9.79 Å². The number of hydrogen-bond acceptors (Lipinski definition) is 5. The summed E-state index contributed by atoms with van der Waals surface area (Å²) in [5.74, 6) is 0. The zero-order valence-corrected chi connectivity index (χ0v) is 14.9. The van der Waals surface area contributed by atoms with Gasteiger partial charge in [0, 0.05) is 0 Å². The molecule has 0 aromatic heterocycles. The van der Waals surface area contributed by atoms with E-state index in [4.69, 9.17) is 14.1 Å². The van der Waals surface area contributed by atoms with Gasteiger partial charge in [-0.25, -0.2) is 0 Å². The molecule has 4 N–H and O–H groups in total. The quantitative estimate of drug-likeness (QED) is 0.362. The Bertz CT molecular complexity index is 425. The first-order valence-electron chi connectivity index (χ1n) is 7.82. The van der Waals surface area contributed by atoms with Crippen LogP contribution in [-0.4, -0.2) is 25.7 Å². The maximum absolute atomic E-state index is 10.7. The summed E-state index contributed by atoms with van der Waals surface area (Å²) < 4.78 is 4.87. The van der Waals surface area contributed by atoms with Crippen molar-refractivity contribution >= 4 is 21.2 Å². The fourth-order valence-electron chi connectivity index (χ4n) is 2.45. The summed E-state index contributed by atoms with van der Waals surface area (Å²) in [6.45, 7) is 2.17. The molecule has 0 aliphatic rings. The van der Waals surface area contributed by atoms with Crippen LogP contribution >= 0.6 is 15.9 Å². The summed E-state index contributed by atoms with van der Waals surface area (Å²) in [5.41, 5.74) is 0. The Morgan fingerprint density at radius 3 is 2.00 bits per heavy atom. The molecule has 0 bridgehead atoms. The van der Waals surface area contributed by atoms with Gasteiger partial charge in [0.2, 0.25) is 0 Å². The van der Waals surface area contributed by atoms with Crippen LogP contribution in [0.25, 0.3) is 0 Å². The van der Waals surface area contributed by atoms with Gasteiger partial charge >= 0.3 is 133 Å². The minimum absolute atomic E-state index is 0.0172. The molecule has 0 fully saturated rings. The van der Waals surface area contributed by atoms with Crippen LogP contribution < -0.4 is 5.30 Å². The first-order chi connectivity index (χ1) is 10.4. The van der Waals surface area contributed by atoms with Crippen molar-refractivity contribution in [1.82, 2.24) is 0 Å². The monoisotopic (exact) mass is 350 g/mol. The van der Waals surface area contributed by atoms with Crippen molar-refractivity contribution in [2.24, 2.45) is 0 Å². The van der Waals surface area contributed by atoms with Crippen molar-refractivity contribution in [3.63, 3.8) is 0 Å². The van der Waals surface area contributed by atoms with E-state index in [1.807, 2.05) is 0 Å². The van der Waals surface area contributed by atoms with Gasteiger partial charge in [0.05, 0.1) is 0 Å². The number of hydrogen-bond donors (Lipinski definition) is 4. The Kier molecular flexibility index (Phi) is 8.37. The van der Waals surface area contributed by atoms with Crippen LogP contribution in [0.3, 0.4) is 0 Å². The third kappa shape index (κ3) is 6.55. The second-order valence-electron chi connectivity index (χ2n) is 5.63. The van der Waals surface area contributed by atoms with Gasteiger partial charge in [-0.15, -0.1) is 0 Å². The second-order valence-corrected chi connectivity index (χ2v) is 9.98. The van der Waals surface area contributed by atoms with Gasteiger partial charge in [0.1, 0.15) is 0 Å². The molecule has 5 nitrogen and oxygen atoms in total. The third-order valence-electron chi connectivity index (χ3n) is 3.68. The van der Waals surface area contributed by atoms with Crippen LogP contribution in [0.1, 0.15) is 51.9 Å². The molecule has 7 heteroatoms. The zero-order valence-electron chi connectivity index (χ0n) is 13.1. The molecule has 0 heterocycles. The minimum atomic E-state index is -4.72. The van der Waals surface area contributed by atoms with Crippen molar-refractivity contribution in [2.75, 3.05) is 6.16 Å². The van der Waals surface area contributed by atoms with E-state index < -0.39 is 15.9 Å². The molecule has 0 saturated heterocycles. The van der Waals surface area contributed by atoms with Crippen molar-refractivity contribution in [3.05, 3.63) is 30.3 Å². The Morgan fingerprint density at radius 2 is 1.45 bits per heavy atom. The summed E-state index contributed by atoms with van der Waals surface area (Å²) in [6, 6.07) is 8.22. The Labute approximate surface area is 134 Å². The molecule has 0 radical (unpaired) electrons. The van der Waals surface area contributed by atoms with Crippen molar-refractivity contribution in [3.8, 4) is 0 Å². The molecule has 0 aliphatic carbocycles. The summed E-state index contributed by atoms with van der Waals surface area (Å²) in [5, 5.41) is 0.232. The second kappa shape index (κ2) is 9.24. The molecular formula is C15H28O5P2. The molecule has 1 aromatic rings. The van der Waals surface area contributed by atoms with E-state index in [1.165, 1.54) is 19.3 Å². The molecule has 0 atom stereocenters. The van der Waals surface area contributed by atoms with Gasteiger partial charge in [0.25, 0.3) is 0 Å². The SMILES string of the molecule is CCCCCCCCCP(O)(O)(OP(O)O)c1ccccc1. The summed E-state index contributed by atoms with van der Waals surface area (Å²) in [6.07, 6.45) is 7.26. The molecule has 0 amide bonds. The van der Waals surface area contributed by atoms with Crippen LogP contribution in [-0.2, 0) is 4.31 Å². The Hall–Kier alpha value is -0.120. The molecule has 128 valence electrons. The van der Waals surface area contributed by atoms with Gasteiger partial charge < -0.3 is 0 Å². The first kappa shape index (κ1) is 19.9. The summed E-state index contributed by atoms with van der Waals surface area (Å²) >= 11 is 0. The third-order valence-corrected chi connectivity index (χ3v) is 8.10. The van der Waals surface area contributed by atoms with Gasteiger partial charge in [-0.05, 0) is 0 Å². The van der Waals surface area contributed by atoms with Crippen molar-refractivity contribution in [2.45, 2.75) is 51.9 Å². The van der Waals surface area contributed by atoms with E-state index in [0.29, 0.717) is 6.42 Å². The van der Waals surface area contributed by atoms with Crippen LogP contribution in [0.2, 0.25) is 0 Å². The van der Waals surface area contributed by atoms with Crippen LogP contribution in [0.4, 0.5) is 0 Å². The molecule has 1 rings (SSSR count). The first-order valence-corrected chi connectivity index (χ1v) is 11.2. The predicted molar refractivity (Wildman–Crippen MR) is 92.7 cm³/mol. The van der Waals surface area contributed by atoms with Gasteiger partial charge in [-0.1, -0.05) is 0 Å². The summed E-state index contributed by atoms with van der Waals surface area (Å²) in [7, 11) is -7.56. The van der Waals surface area contributed by atoms with E-state index in [1.54, 1.807) is 30.3 Å². The van der Waals surface area contributed by atoms with Gasteiger partial charge in [-0.3, -0.25) is 0 Å². The normalized spacial score (nSPS) is 14.0. The number of rotatable bonds is 11. The van der Waals surface area contributed by atoms with Gasteiger partial charge in [-0.2, -0.15) is 0 Å². The van der Waals surface area contributed by atoms with Crippen LogP contribution in [0, 0.1) is 0 Å². The maximum atomic E-state index is 10.7. The van der Waals surface area contributed by atoms with Crippen LogP contribution in [0.5, 0.6) is 0 Å². The van der Waals surface area contributed by atoms with Crippen LogP contribution in [0.15, 0.2) is 30.3 Å². The molecule has 0 saturated carbocycles. The van der Waals surface area contributed by atoms with E-state index in [0.717, 1.165) is 19.3 Å². The molecular weight excluding hydrogens is 322 g/mol.